The number of carboxylic acids is 2. The van der Waals surface area contributed by atoms with E-state index in [2.05, 4.69) is 9.97 Å². The summed E-state index contributed by atoms with van der Waals surface area (Å²) in [4.78, 5) is 30.5. The number of carboxylic acid groups (broad SMARTS) is 2. The van der Waals surface area contributed by atoms with Crippen molar-refractivity contribution < 1.29 is 19.8 Å². The molecule has 2 aliphatic rings. The fourth-order valence-electron chi connectivity index (χ4n) is 5.51. The molecule has 0 saturated carbocycles. The minimum Gasteiger partial charge on any atom is -0.477 e. The van der Waals surface area contributed by atoms with Gasteiger partial charge >= 0.3 is 11.9 Å². The Kier molecular flexibility index (Phi) is 4.93. The van der Waals surface area contributed by atoms with Crippen LogP contribution < -0.4 is 0 Å². The molecule has 0 bridgehead atoms. The molecule has 31 heavy (non-hydrogen) atoms. The van der Waals surface area contributed by atoms with Crippen LogP contribution in [0.3, 0.4) is 0 Å². The van der Waals surface area contributed by atoms with Crippen LogP contribution in [0.5, 0.6) is 0 Å². The van der Waals surface area contributed by atoms with Gasteiger partial charge in [0.1, 0.15) is 11.4 Å². The normalized spacial score (nSPS) is 15.5. The summed E-state index contributed by atoms with van der Waals surface area (Å²) in [6, 6.07) is 9.99. The number of rotatable bonds is 5. The first-order valence-corrected chi connectivity index (χ1v) is 11.0. The topological polar surface area (TPSA) is 106 Å². The highest BCUT2D eigenvalue weighted by Gasteiger charge is 2.34. The highest BCUT2D eigenvalue weighted by atomic mass is 16.4. The fourth-order valence-corrected chi connectivity index (χ4v) is 5.51. The minimum absolute atomic E-state index is 0.249. The summed E-state index contributed by atoms with van der Waals surface area (Å²) in [7, 11) is 0. The SMILES string of the molecule is O=C(O)c1[nH]c(C(c2ccccc2)c2[nH]c(C(=O)O)c3c2CCCC3)c2c1CCCC2. The summed E-state index contributed by atoms with van der Waals surface area (Å²) in [5.74, 6) is -2.12. The third-order valence-electron chi connectivity index (χ3n) is 6.85. The van der Waals surface area contributed by atoms with E-state index in [0.29, 0.717) is 0 Å². The molecule has 6 heteroatoms. The van der Waals surface area contributed by atoms with Gasteiger partial charge in [-0.05, 0) is 79.2 Å². The average molecular weight is 418 g/mol. The highest BCUT2D eigenvalue weighted by molar-refractivity contribution is 5.89. The van der Waals surface area contributed by atoms with Crippen LogP contribution in [-0.2, 0) is 25.7 Å². The van der Waals surface area contributed by atoms with Crippen molar-refractivity contribution in [3.63, 3.8) is 0 Å². The van der Waals surface area contributed by atoms with Crippen LogP contribution in [0, 0.1) is 0 Å². The second-order valence-electron chi connectivity index (χ2n) is 8.61. The molecule has 2 heterocycles. The van der Waals surface area contributed by atoms with Crippen molar-refractivity contribution in [1.29, 1.82) is 0 Å². The molecule has 0 fully saturated rings. The van der Waals surface area contributed by atoms with E-state index in [1.807, 2.05) is 30.3 Å². The Labute approximate surface area is 180 Å². The molecule has 2 aliphatic carbocycles. The van der Waals surface area contributed by atoms with Gasteiger partial charge in [0, 0.05) is 11.4 Å². The highest BCUT2D eigenvalue weighted by Crippen LogP contribution is 2.42. The Balaban J connectivity index is 1.77. The lowest BCUT2D eigenvalue weighted by molar-refractivity contribution is 0.0679. The molecule has 4 N–H and O–H groups in total. The van der Waals surface area contributed by atoms with Gasteiger partial charge in [-0.3, -0.25) is 0 Å². The van der Waals surface area contributed by atoms with Gasteiger partial charge in [-0.25, -0.2) is 9.59 Å². The smallest absolute Gasteiger partial charge is 0.352 e. The van der Waals surface area contributed by atoms with Gasteiger partial charge in [-0.2, -0.15) is 0 Å². The number of aromatic amines is 2. The molecule has 5 rings (SSSR count). The predicted octanol–water partition coefficient (Wildman–Crippen LogP) is 4.68. The van der Waals surface area contributed by atoms with Gasteiger partial charge in [-0.1, -0.05) is 30.3 Å². The van der Waals surface area contributed by atoms with E-state index in [0.717, 1.165) is 90.6 Å². The molecule has 1 aromatic carbocycles. The monoisotopic (exact) mass is 418 g/mol. The number of aromatic nitrogens is 2. The first-order valence-electron chi connectivity index (χ1n) is 11.0. The fraction of sp³-hybridized carbons (Fsp3) is 0.360. The van der Waals surface area contributed by atoms with Crippen LogP contribution in [0.2, 0.25) is 0 Å². The Morgan fingerprint density at radius 1 is 0.677 bits per heavy atom. The van der Waals surface area contributed by atoms with E-state index in [-0.39, 0.29) is 17.3 Å². The van der Waals surface area contributed by atoms with Gasteiger partial charge in [0.25, 0.3) is 0 Å². The van der Waals surface area contributed by atoms with E-state index in [4.69, 9.17) is 0 Å². The van der Waals surface area contributed by atoms with E-state index >= 15 is 0 Å². The second kappa shape index (κ2) is 7.76. The Morgan fingerprint density at radius 2 is 1.10 bits per heavy atom. The van der Waals surface area contributed by atoms with Gasteiger partial charge in [0.2, 0.25) is 0 Å². The quantitative estimate of drug-likeness (QED) is 0.483. The maximum atomic E-state index is 12.0. The Hall–Kier alpha value is -3.28. The number of aromatic carboxylic acids is 2. The number of nitrogens with one attached hydrogen (secondary N) is 2. The van der Waals surface area contributed by atoms with Crippen LogP contribution in [0.4, 0.5) is 0 Å². The van der Waals surface area contributed by atoms with E-state index in [9.17, 15) is 19.8 Å². The minimum atomic E-state index is -0.934. The third kappa shape index (κ3) is 3.26. The van der Waals surface area contributed by atoms with E-state index in [1.165, 1.54) is 0 Å². The van der Waals surface area contributed by atoms with Crippen molar-refractivity contribution in [2.75, 3.05) is 0 Å². The average Bonchev–Trinajstić information content (AvgIpc) is 3.35. The van der Waals surface area contributed by atoms with Crippen molar-refractivity contribution >= 4 is 11.9 Å². The van der Waals surface area contributed by atoms with Crippen LogP contribution >= 0.6 is 0 Å². The van der Waals surface area contributed by atoms with Crippen LogP contribution in [0.15, 0.2) is 30.3 Å². The first-order chi connectivity index (χ1) is 15.1. The zero-order valence-corrected chi connectivity index (χ0v) is 17.3. The van der Waals surface area contributed by atoms with Crippen LogP contribution in [0.1, 0.15) is 91.8 Å². The van der Waals surface area contributed by atoms with E-state index < -0.39 is 11.9 Å². The summed E-state index contributed by atoms with van der Waals surface area (Å²) in [6.07, 6.45) is 7.24. The molecular formula is C25H26N2O4. The summed E-state index contributed by atoms with van der Waals surface area (Å²) in [5, 5.41) is 19.7. The van der Waals surface area contributed by atoms with Crippen molar-refractivity contribution in [3.8, 4) is 0 Å². The molecule has 0 unspecified atom stereocenters. The number of fused-ring (bicyclic) bond motifs is 2. The molecule has 0 aliphatic heterocycles. The van der Waals surface area contributed by atoms with Gasteiger partial charge in [0.15, 0.2) is 0 Å². The number of benzene rings is 1. The molecule has 2 aromatic heterocycles. The van der Waals surface area contributed by atoms with Crippen molar-refractivity contribution in [1.82, 2.24) is 9.97 Å². The summed E-state index contributed by atoms with van der Waals surface area (Å²) >= 11 is 0. The molecule has 0 amide bonds. The summed E-state index contributed by atoms with van der Waals surface area (Å²) < 4.78 is 0. The number of hydrogen-bond donors (Lipinski definition) is 4. The number of carbonyl (C=O) groups is 2. The second-order valence-corrected chi connectivity index (χ2v) is 8.61. The maximum Gasteiger partial charge on any atom is 0.352 e. The lowest BCUT2D eigenvalue weighted by Gasteiger charge is -2.23. The summed E-state index contributed by atoms with van der Waals surface area (Å²) in [5.41, 5.74) is 7.38. The molecule has 160 valence electrons. The largest absolute Gasteiger partial charge is 0.477 e. The molecule has 0 saturated heterocycles. The van der Waals surface area contributed by atoms with Crippen LogP contribution in [0.25, 0.3) is 0 Å². The molecule has 0 radical (unpaired) electrons. The van der Waals surface area contributed by atoms with Gasteiger partial charge < -0.3 is 20.2 Å². The molecule has 0 spiro atoms. The zero-order chi connectivity index (χ0) is 21.5. The van der Waals surface area contributed by atoms with Crippen LogP contribution in [-0.4, -0.2) is 32.1 Å². The first kappa shape index (κ1) is 19.7. The number of hydrogen-bond acceptors (Lipinski definition) is 2. The standard InChI is InChI=1S/C25H26N2O4/c28-24(29)22-17-12-6-4-10-15(17)20(26-22)19(14-8-2-1-3-9-14)21-16-11-5-7-13-18(16)23(27-21)25(30)31/h1-3,8-9,19,26-27H,4-7,10-13H2,(H,28,29)(H,30,31). The van der Waals surface area contributed by atoms with E-state index in [1.54, 1.807) is 0 Å². The van der Waals surface area contributed by atoms with Crippen molar-refractivity contribution in [3.05, 3.63) is 80.9 Å². The Morgan fingerprint density at radius 3 is 1.52 bits per heavy atom. The summed E-state index contributed by atoms with van der Waals surface area (Å²) in [6.45, 7) is 0. The van der Waals surface area contributed by atoms with Crippen molar-refractivity contribution in [2.45, 2.75) is 57.3 Å². The third-order valence-corrected chi connectivity index (χ3v) is 6.85. The maximum absolute atomic E-state index is 12.0. The van der Waals surface area contributed by atoms with Gasteiger partial charge in [0.05, 0.1) is 5.92 Å². The zero-order valence-electron chi connectivity index (χ0n) is 17.3. The van der Waals surface area contributed by atoms with Crippen molar-refractivity contribution in [2.24, 2.45) is 0 Å². The molecule has 3 aromatic rings. The lowest BCUT2D eigenvalue weighted by Crippen LogP contribution is -2.12. The lowest BCUT2D eigenvalue weighted by atomic mass is 9.82. The molecule has 6 nitrogen and oxygen atoms in total. The molecular weight excluding hydrogens is 392 g/mol. The predicted molar refractivity (Wildman–Crippen MR) is 116 cm³/mol. The number of H-pyrrole nitrogens is 2. The van der Waals surface area contributed by atoms with Gasteiger partial charge in [-0.15, -0.1) is 0 Å². The molecule has 0 atom stereocenters. The Bertz CT molecular complexity index is 1080.